The van der Waals surface area contributed by atoms with E-state index in [2.05, 4.69) is 10.6 Å². The molecule has 1 aliphatic carbocycles. The third-order valence-corrected chi connectivity index (χ3v) is 7.55. The van der Waals surface area contributed by atoms with Crippen LogP contribution in [0.4, 0.5) is 13.2 Å². The number of alkyl halides is 3. The second-order valence-corrected chi connectivity index (χ2v) is 11.7. The Hall–Kier alpha value is -3.34. The highest BCUT2D eigenvalue weighted by atomic mass is 19.4. The minimum absolute atomic E-state index is 0.000490. The molecule has 0 bridgehead atoms. The highest BCUT2D eigenvalue weighted by molar-refractivity contribution is 5.96. The summed E-state index contributed by atoms with van der Waals surface area (Å²) in [5, 5.41) is 16.3. The van der Waals surface area contributed by atoms with Gasteiger partial charge in [0.25, 0.3) is 5.91 Å². The molecule has 4 rings (SSSR count). The van der Waals surface area contributed by atoms with Crippen molar-refractivity contribution in [2.45, 2.75) is 83.2 Å². The summed E-state index contributed by atoms with van der Waals surface area (Å²) < 4.78 is 44.7. The number of carbonyl (C=O) groups is 3. The Bertz CT molecular complexity index is 1250. The lowest BCUT2D eigenvalue weighted by Crippen LogP contribution is -2.59. The van der Waals surface area contributed by atoms with E-state index in [1.807, 2.05) is 20.8 Å². The van der Waals surface area contributed by atoms with Gasteiger partial charge in [0.1, 0.15) is 11.8 Å². The molecule has 0 unspecified atom stereocenters. The van der Waals surface area contributed by atoms with Gasteiger partial charge in [-0.25, -0.2) is 0 Å². The highest BCUT2D eigenvalue weighted by Crippen LogP contribution is 2.41. The van der Waals surface area contributed by atoms with Crippen molar-refractivity contribution in [2.75, 3.05) is 6.54 Å². The zero-order valence-electron chi connectivity index (χ0n) is 22.4. The second-order valence-electron chi connectivity index (χ2n) is 11.7. The number of carboxylic acids is 1. The first-order valence-corrected chi connectivity index (χ1v) is 13.0. The maximum Gasteiger partial charge on any atom is 0.416 e. The zero-order valence-corrected chi connectivity index (χ0v) is 22.4. The van der Waals surface area contributed by atoms with Gasteiger partial charge in [-0.2, -0.15) is 13.2 Å². The van der Waals surface area contributed by atoms with Crippen LogP contribution in [0.2, 0.25) is 0 Å². The summed E-state index contributed by atoms with van der Waals surface area (Å²) in [6, 6.07) is 5.94. The topological polar surface area (TPSA) is 112 Å². The number of benzene rings is 1. The van der Waals surface area contributed by atoms with Crippen LogP contribution < -0.4 is 10.6 Å². The molecule has 0 radical (unpaired) electrons. The zero-order chi connectivity index (χ0) is 28.8. The summed E-state index contributed by atoms with van der Waals surface area (Å²) in [7, 11) is 0. The summed E-state index contributed by atoms with van der Waals surface area (Å²) in [6.45, 7) is 8.05. The number of aliphatic carboxylic acids is 1. The first kappa shape index (κ1) is 28.7. The minimum Gasteiger partial charge on any atom is -0.481 e. The first-order chi connectivity index (χ1) is 18.1. The van der Waals surface area contributed by atoms with Crippen molar-refractivity contribution in [2.24, 2.45) is 5.41 Å². The minimum atomic E-state index is -4.52. The Morgan fingerprint density at radius 3 is 2.46 bits per heavy atom. The lowest BCUT2D eigenvalue weighted by molar-refractivity contribution is -0.158. The molecule has 1 aromatic carbocycles. The fourth-order valence-electron chi connectivity index (χ4n) is 5.73. The molecule has 1 aromatic heterocycles. The van der Waals surface area contributed by atoms with Crippen LogP contribution in [0.1, 0.15) is 69.5 Å². The molecular weight excluding hydrogens is 515 g/mol. The van der Waals surface area contributed by atoms with Gasteiger partial charge in [-0.3, -0.25) is 14.4 Å². The van der Waals surface area contributed by atoms with E-state index in [0.717, 1.165) is 18.6 Å². The van der Waals surface area contributed by atoms with Gasteiger partial charge in [0, 0.05) is 29.7 Å². The molecule has 2 aromatic rings. The fourth-order valence-corrected chi connectivity index (χ4v) is 5.73. The Balaban J connectivity index is 1.43. The lowest BCUT2D eigenvalue weighted by Gasteiger charge is -2.47. The quantitative estimate of drug-likeness (QED) is 0.482. The van der Waals surface area contributed by atoms with Crippen molar-refractivity contribution in [1.82, 2.24) is 15.5 Å². The molecule has 2 amide bonds. The normalized spacial score (nSPS) is 26.1. The van der Waals surface area contributed by atoms with Crippen molar-refractivity contribution in [3.8, 4) is 11.3 Å². The molecule has 3 N–H and O–H groups in total. The van der Waals surface area contributed by atoms with Crippen LogP contribution in [0, 0.1) is 5.41 Å². The number of nitrogens with one attached hydrogen (secondary N) is 2. The number of halogens is 3. The fraction of sp³-hybridized carbons (Fsp3) is 0.536. The van der Waals surface area contributed by atoms with E-state index in [-0.39, 0.29) is 34.6 Å². The number of amides is 2. The van der Waals surface area contributed by atoms with Crippen LogP contribution >= 0.6 is 0 Å². The van der Waals surface area contributed by atoms with Crippen LogP contribution in [0.3, 0.4) is 0 Å². The van der Waals surface area contributed by atoms with Gasteiger partial charge in [0.2, 0.25) is 5.91 Å². The average molecular weight is 550 g/mol. The smallest absolute Gasteiger partial charge is 0.416 e. The average Bonchev–Trinajstić information content (AvgIpc) is 3.46. The van der Waals surface area contributed by atoms with Crippen molar-refractivity contribution in [3.63, 3.8) is 0 Å². The van der Waals surface area contributed by atoms with Gasteiger partial charge in [0.15, 0.2) is 5.76 Å². The van der Waals surface area contributed by atoms with Gasteiger partial charge in [-0.1, -0.05) is 12.1 Å². The Morgan fingerprint density at radius 1 is 1.10 bits per heavy atom. The van der Waals surface area contributed by atoms with Crippen LogP contribution in [-0.2, 0) is 15.8 Å². The first-order valence-electron chi connectivity index (χ1n) is 13.0. The Labute approximate surface area is 224 Å². The number of hydrogen-bond donors (Lipinski definition) is 3. The lowest BCUT2D eigenvalue weighted by atomic mass is 9.68. The van der Waals surface area contributed by atoms with Crippen molar-refractivity contribution in [3.05, 3.63) is 47.7 Å². The van der Waals surface area contributed by atoms with Gasteiger partial charge in [-0.05, 0) is 77.6 Å². The highest BCUT2D eigenvalue weighted by Gasteiger charge is 2.52. The standard InChI is InChI=1S/C28H34F3N3O5/c1-26(2,3)33-18-8-11-22(27(4,15-18)25(37)38)34-13-12-19(24(34)36)32-23(35)21-10-9-20(39-21)16-6-5-7-17(14-16)28(29,30)31/h5-7,9-10,14,18-19,22,33H,8,11-13,15H2,1-4H3,(H,32,35)(H,37,38)/t18-,19+,22+,27-/m1/s1. The monoisotopic (exact) mass is 549 g/mol. The van der Waals surface area contributed by atoms with Gasteiger partial charge in [-0.15, -0.1) is 0 Å². The largest absolute Gasteiger partial charge is 0.481 e. The molecule has 1 saturated carbocycles. The van der Waals surface area contributed by atoms with Crippen LogP contribution in [-0.4, -0.2) is 58.0 Å². The van der Waals surface area contributed by atoms with E-state index >= 15 is 0 Å². The maximum absolute atomic E-state index is 13.3. The van der Waals surface area contributed by atoms with E-state index in [9.17, 15) is 32.7 Å². The van der Waals surface area contributed by atoms with E-state index in [4.69, 9.17) is 4.42 Å². The van der Waals surface area contributed by atoms with E-state index < -0.39 is 41.1 Å². The van der Waals surface area contributed by atoms with Gasteiger partial charge >= 0.3 is 12.1 Å². The molecule has 8 nitrogen and oxygen atoms in total. The summed E-state index contributed by atoms with van der Waals surface area (Å²) >= 11 is 0. The Kier molecular flexibility index (Phi) is 7.59. The number of carboxylic acid groups (broad SMARTS) is 1. The molecule has 4 atom stereocenters. The molecule has 212 valence electrons. The third-order valence-electron chi connectivity index (χ3n) is 7.55. The molecule has 1 saturated heterocycles. The summed E-state index contributed by atoms with van der Waals surface area (Å²) in [4.78, 5) is 40.1. The molecule has 39 heavy (non-hydrogen) atoms. The van der Waals surface area contributed by atoms with Crippen LogP contribution in [0.5, 0.6) is 0 Å². The van der Waals surface area contributed by atoms with Crippen molar-refractivity contribution in [1.29, 1.82) is 0 Å². The molecule has 2 heterocycles. The van der Waals surface area contributed by atoms with Gasteiger partial charge in [0.05, 0.1) is 11.0 Å². The number of hydrogen-bond acceptors (Lipinski definition) is 5. The number of likely N-dealkylation sites (tertiary alicyclic amines) is 1. The van der Waals surface area contributed by atoms with Crippen molar-refractivity contribution < 1.29 is 37.1 Å². The van der Waals surface area contributed by atoms with Crippen LogP contribution in [0.25, 0.3) is 11.3 Å². The van der Waals surface area contributed by atoms with E-state index in [1.54, 1.807) is 11.8 Å². The predicted molar refractivity (Wildman–Crippen MR) is 137 cm³/mol. The number of carbonyl (C=O) groups excluding carboxylic acids is 2. The predicted octanol–water partition coefficient (Wildman–Crippen LogP) is 4.70. The summed E-state index contributed by atoms with van der Waals surface area (Å²) in [5.41, 5.74) is -2.01. The van der Waals surface area contributed by atoms with Crippen molar-refractivity contribution >= 4 is 17.8 Å². The molecule has 11 heteroatoms. The SMILES string of the molecule is CC(C)(C)N[C@@H]1CC[C@H](N2CC[C@H](NC(=O)c3ccc(-c4cccc(C(F)(F)F)c4)o3)C2=O)[C@](C)(C(=O)O)C1. The molecule has 2 fully saturated rings. The van der Waals surface area contributed by atoms with Crippen LogP contribution in [0.15, 0.2) is 40.8 Å². The molecular formula is C28H34F3N3O5. The molecule has 2 aliphatic rings. The molecule has 0 spiro atoms. The van der Waals surface area contributed by atoms with E-state index in [0.29, 0.717) is 25.8 Å². The number of furan rings is 1. The second kappa shape index (κ2) is 10.3. The number of nitrogens with zero attached hydrogens (tertiary/aromatic N) is 1. The molecule has 1 aliphatic heterocycles. The Morgan fingerprint density at radius 2 is 1.82 bits per heavy atom. The van der Waals surface area contributed by atoms with E-state index in [1.165, 1.54) is 24.3 Å². The maximum atomic E-state index is 13.3. The summed E-state index contributed by atoms with van der Waals surface area (Å²) in [5.74, 6) is -2.05. The summed E-state index contributed by atoms with van der Waals surface area (Å²) in [6.07, 6.45) is -2.61. The third kappa shape index (κ3) is 6.13. The van der Waals surface area contributed by atoms with Gasteiger partial charge < -0.3 is 25.1 Å². The number of rotatable bonds is 6.